The number of rotatable bonds is 4. The van der Waals surface area contributed by atoms with Crippen LogP contribution in [0.3, 0.4) is 0 Å². The molecule has 21 heavy (non-hydrogen) atoms. The van der Waals surface area contributed by atoms with Gasteiger partial charge >= 0.3 is 0 Å². The van der Waals surface area contributed by atoms with Gasteiger partial charge in [0.15, 0.2) is 0 Å². The molecule has 0 spiro atoms. The van der Waals surface area contributed by atoms with Gasteiger partial charge in [-0.1, -0.05) is 0 Å². The van der Waals surface area contributed by atoms with Gasteiger partial charge in [0, 0.05) is 16.8 Å². The van der Waals surface area contributed by atoms with Crippen molar-refractivity contribution in [2.75, 3.05) is 5.32 Å². The zero-order chi connectivity index (χ0) is 14.8. The lowest BCUT2D eigenvalue weighted by molar-refractivity contribution is 0.500. The molecule has 0 aliphatic carbocycles. The van der Waals surface area contributed by atoms with Gasteiger partial charge in [0.2, 0.25) is 12.3 Å². The second kappa shape index (κ2) is 5.44. The van der Waals surface area contributed by atoms with Crippen molar-refractivity contribution in [2.24, 2.45) is 0 Å². The van der Waals surface area contributed by atoms with Gasteiger partial charge in [-0.3, -0.25) is 0 Å². The van der Waals surface area contributed by atoms with Crippen LogP contribution in [-0.4, -0.2) is 10.2 Å². The van der Waals surface area contributed by atoms with E-state index >= 15 is 0 Å². The zero-order valence-corrected chi connectivity index (χ0v) is 12.3. The summed E-state index contributed by atoms with van der Waals surface area (Å²) in [5.74, 6) is 2.41. The molecule has 0 aliphatic rings. The maximum Gasteiger partial charge on any atom is 0.247 e. The van der Waals surface area contributed by atoms with E-state index in [9.17, 15) is 0 Å². The minimum absolute atomic E-state index is 0.178. The summed E-state index contributed by atoms with van der Waals surface area (Å²) in [7, 11) is 0. The van der Waals surface area contributed by atoms with Crippen molar-refractivity contribution in [1.29, 1.82) is 0 Å². The average molecular weight is 283 g/mol. The topological polar surface area (TPSA) is 64.1 Å². The summed E-state index contributed by atoms with van der Waals surface area (Å²) < 4.78 is 10.7. The largest absolute Gasteiger partial charge is 0.466 e. The summed E-state index contributed by atoms with van der Waals surface area (Å²) in [6.45, 7) is 6.06. The number of aromatic nitrogens is 2. The molecule has 108 valence electrons. The average Bonchev–Trinajstić information content (AvgIpc) is 3.09. The smallest absolute Gasteiger partial charge is 0.247 e. The van der Waals surface area contributed by atoms with Crippen LogP contribution in [0.25, 0.3) is 11.5 Å². The van der Waals surface area contributed by atoms with Crippen LogP contribution in [-0.2, 0) is 0 Å². The van der Waals surface area contributed by atoms with Crippen molar-refractivity contribution in [3.8, 4) is 11.5 Å². The van der Waals surface area contributed by atoms with E-state index in [0.717, 1.165) is 22.8 Å². The van der Waals surface area contributed by atoms with Crippen molar-refractivity contribution >= 4 is 5.69 Å². The predicted molar refractivity (Wildman–Crippen MR) is 80.0 cm³/mol. The van der Waals surface area contributed by atoms with E-state index in [-0.39, 0.29) is 6.04 Å². The summed E-state index contributed by atoms with van der Waals surface area (Å²) >= 11 is 0. The number of nitrogens with one attached hydrogen (secondary N) is 1. The minimum atomic E-state index is 0.178. The Morgan fingerprint density at radius 2 is 1.90 bits per heavy atom. The lowest BCUT2D eigenvalue weighted by Gasteiger charge is -2.14. The van der Waals surface area contributed by atoms with Gasteiger partial charge in [-0.05, 0) is 51.1 Å². The third-order valence-corrected chi connectivity index (χ3v) is 3.42. The lowest BCUT2D eigenvalue weighted by atomic mass is 10.1. The number of benzene rings is 1. The molecule has 1 N–H and O–H groups in total. The maximum absolute atomic E-state index is 5.57. The van der Waals surface area contributed by atoms with Gasteiger partial charge in [-0.15, -0.1) is 10.2 Å². The van der Waals surface area contributed by atoms with Crippen LogP contribution in [0, 0.1) is 13.8 Å². The van der Waals surface area contributed by atoms with Gasteiger partial charge < -0.3 is 14.2 Å². The molecule has 2 heterocycles. The van der Waals surface area contributed by atoms with E-state index in [2.05, 4.69) is 28.5 Å². The Labute approximate surface area is 123 Å². The van der Waals surface area contributed by atoms with Gasteiger partial charge in [0.1, 0.15) is 11.5 Å². The van der Waals surface area contributed by atoms with Gasteiger partial charge in [-0.2, -0.15) is 0 Å². The second-order valence-electron chi connectivity index (χ2n) is 5.06. The number of nitrogens with zero attached hydrogens (tertiary/aromatic N) is 2. The molecule has 3 aromatic rings. The molecule has 1 aromatic carbocycles. The van der Waals surface area contributed by atoms with Crippen LogP contribution < -0.4 is 5.32 Å². The van der Waals surface area contributed by atoms with Crippen molar-refractivity contribution in [1.82, 2.24) is 10.2 Å². The third kappa shape index (κ3) is 2.81. The molecule has 0 saturated carbocycles. The molecule has 0 aliphatic heterocycles. The molecule has 2 aromatic heterocycles. The lowest BCUT2D eigenvalue weighted by Crippen LogP contribution is -2.06. The van der Waals surface area contributed by atoms with Crippen LogP contribution in [0.5, 0.6) is 0 Å². The monoisotopic (exact) mass is 283 g/mol. The van der Waals surface area contributed by atoms with Crippen LogP contribution >= 0.6 is 0 Å². The summed E-state index contributed by atoms with van der Waals surface area (Å²) in [5, 5.41) is 11.0. The standard InChI is InChI=1S/C16H17N3O2/c1-10-8-15(12(3)21-10)11(2)18-14-6-4-13(5-7-14)16-19-17-9-20-16/h4-9,11,18H,1-3H3. The van der Waals surface area contributed by atoms with Crippen LogP contribution in [0.15, 0.2) is 45.6 Å². The molecular formula is C16H17N3O2. The highest BCUT2D eigenvalue weighted by molar-refractivity contribution is 5.58. The number of furan rings is 1. The first-order valence-electron chi connectivity index (χ1n) is 6.83. The van der Waals surface area contributed by atoms with E-state index in [0.29, 0.717) is 5.89 Å². The molecule has 0 saturated heterocycles. The Balaban J connectivity index is 1.74. The fraction of sp³-hybridized carbons (Fsp3) is 0.250. The van der Waals surface area contributed by atoms with E-state index < -0.39 is 0 Å². The summed E-state index contributed by atoms with van der Waals surface area (Å²) in [6.07, 6.45) is 1.33. The summed E-state index contributed by atoms with van der Waals surface area (Å²) in [4.78, 5) is 0. The highest BCUT2D eigenvalue weighted by atomic mass is 16.4. The first-order valence-corrected chi connectivity index (χ1v) is 6.83. The van der Waals surface area contributed by atoms with Crippen molar-refractivity contribution in [3.05, 3.63) is 53.8 Å². The van der Waals surface area contributed by atoms with E-state index in [1.54, 1.807) is 0 Å². The molecule has 5 heteroatoms. The Hall–Kier alpha value is -2.56. The maximum atomic E-state index is 5.57. The van der Waals surface area contributed by atoms with E-state index in [1.807, 2.05) is 38.1 Å². The second-order valence-corrected chi connectivity index (χ2v) is 5.06. The highest BCUT2D eigenvalue weighted by Crippen LogP contribution is 2.26. The van der Waals surface area contributed by atoms with Crippen molar-refractivity contribution in [3.63, 3.8) is 0 Å². The van der Waals surface area contributed by atoms with Crippen molar-refractivity contribution in [2.45, 2.75) is 26.8 Å². The molecular weight excluding hydrogens is 266 g/mol. The number of anilines is 1. The third-order valence-electron chi connectivity index (χ3n) is 3.42. The predicted octanol–water partition coefficient (Wildman–Crippen LogP) is 4.12. The first kappa shape index (κ1) is 13.4. The van der Waals surface area contributed by atoms with Crippen molar-refractivity contribution < 1.29 is 8.83 Å². The van der Waals surface area contributed by atoms with Crippen LogP contribution in [0.4, 0.5) is 5.69 Å². The van der Waals surface area contributed by atoms with Crippen LogP contribution in [0.2, 0.25) is 0 Å². The first-order chi connectivity index (χ1) is 10.1. The molecule has 5 nitrogen and oxygen atoms in total. The normalized spacial score (nSPS) is 12.3. The molecule has 0 fully saturated rings. The number of aryl methyl sites for hydroxylation is 2. The molecule has 1 unspecified atom stereocenters. The summed E-state index contributed by atoms with van der Waals surface area (Å²) in [6, 6.07) is 10.2. The highest BCUT2D eigenvalue weighted by Gasteiger charge is 2.12. The Kier molecular flexibility index (Phi) is 3.48. The fourth-order valence-corrected chi connectivity index (χ4v) is 2.42. The Morgan fingerprint density at radius 3 is 2.48 bits per heavy atom. The van der Waals surface area contributed by atoms with E-state index in [4.69, 9.17) is 8.83 Å². The SMILES string of the molecule is Cc1cc(C(C)Nc2ccc(-c3nnco3)cc2)c(C)o1. The zero-order valence-electron chi connectivity index (χ0n) is 12.3. The number of hydrogen-bond acceptors (Lipinski definition) is 5. The van der Waals surface area contributed by atoms with Gasteiger partial charge in [-0.25, -0.2) is 0 Å². The number of hydrogen-bond donors (Lipinski definition) is 1. The molecule has 3 rings (SSSR count). The quantitative estimate of drug-likeness (QED) is 0.780. The minimum Gasteiger partial charge on any atom is -0.466 e. The summed E-state index contributed by atoms with van der Waals surface area (Å²) in [5.41, 5.74) is 3.11. The van der Waals surface area contributed by atoms with Crippen LogP contribution in [0.1, 0.15) is 30.0 Å². The fourth-order valence-electron chi connectivity index (χ4n) is 2.42. The molecule has 0 amide bonds. The Morgan fingerprint density at radius 1 is 1.14 bits per heavy atom. The molecule has 1 atom stereocenters. The Bertz CT molecular complexity index is 715. The molecule has 0 bridgehead atoms. The molecule has 0 radical (unpaired) electrons. The van der Waals surface area contributed by atoms with Gasteiger partial charge in [0.25, 0.3) is 0 Å². The van der Waals surface area contributed by atoms with Gasteiger partial charge in [0.05, 0.1) is 6.04 Å². The van der Waals surface area contributed by atoms with E-state index in [1.165, 1.54) is 12.0 Å².